The van der Waals surface area contributed by atoms with E-state index in [1.807, 2.05) is 24.3 Å². The van der Waals surface area contributed by atoms with E-state index in [1.54, 1.807) is 24.3 Å². The third kappa shape index (κ3) is 3.67. The minimum Gasteiger partial charge on any atom is -0.423 e. The Labute approximate surface area is 127 Å². The fourth-order valence-corrected chi connectivity index (χ4v) is 2.19. The van der Waals surface area contributed by atoms with Crippen LogP contribution in [0.15, 0.2) is 48.5 Å². The molecule has 0 bridgehead atoms. The van der Waals surface area contributed by atoms with Crippen LogP contribution in [0.1, 0.15) is 10.4 Å². The Balaban J connectivity index is 2.14. The summed E-state index contributed by atoms with van der Waals surface area (Å²) in [6.07, 6.45) is 0. The van der Waals surface area contributed by atoms with Gasteiger partial charge in [-0.05, 0) is 87.6 Å². The van der Waals surface area contributed by atoms with Crippen LogP contribution in [-0.2, 0) is 0 Å². The van der Waals surface area contributed by atoms with Gasteiger partial charge in [0.15, 0.2) is 0 Å². The molecule has 0 spiro atoms. The van der Waals surface area contributed by atoms with Crippen molar-refractivity contribution in [3.8, 4) is 5.75 Å². The van der Waals surface area contributed by atoms with Gasteiger partial charge in [-0.3, -0.25) is 0 Å². The van der Waals surface area contributed by atoms with Gasteiger partial charge in [0.25, 0.3) is 0 Å². The standard InChI is InChI=1S/C13H8I2O2/c14-10-4-6-12(7-5-10)17-13(16)9-2-1-3-11(15)8-9/h1-8H. The lowest BCUT2D eigenvalue weighted by molar-refractivity contribution is 0.0734. The van der Waals surface area contributed by atoms with Gasteiger partial charge in [-0.1, -0.05) is 6.07 Å². The van der Waals surface area contributed by atoms with Crippen molar-refractivity contribution in [3.63, 3.8) is 0 Å². The molecule has 86 valence electrons. The first-order valence-electron chi connectivity index (χ1n) is 4.88. The van der Waals surface area contributed by atoms with Crippen LogP contribution in [0.5, 0.6) is 5.75 Å². The Kier molecular flexibility index (Phi) is 4.38. The number of hydrogen-bond donors (Lipinski definition) is 0. The van der Waals surface area contributed by atoms with Crippen molar-refractivity contribution in [2.45, 2.75) is 0 Å². The van der Waals surface area contributed by atoms with Crippen molar-refractivity contribution in [2.75, 3.05) is 0 Å². The normalized spacial score (nSPS) is 10.0. The van der Waals surface area contributed by atoms with Crippen molar-refractivity contribution in [2.24, 2.45) is 0 Å². The Morgan fingerprint density at radius 3 is 2.29 bits per heavy atom. The fourth-order valence-electron chi connectivity index (χ4n) is 1.28. The number of carbonyl (C=O) groups is 1. The molecule has 0 unspecified atom stereocenters. The molecule has 0 saturated carbocycles. The van der Waals surface area contributed by atoms with E-state index in [9.17, 15) is 4.79 Å². The van der Waals surface area contributed by atoms with Gasteiger partial charge in [0, 0.05) is 7.14 Å². The second kappa shape index (κ2) is 5.81. The van der Waals surface area contributed by atoms with Crippen LogP contribution >= 0.6 is 45.2 Å². The summed E-state index contributed by atoms with van der Waals surface area (Å²) in [6, 6.07) is 14.7. The number of benzene rings is 2. The Morgan fingerprint density at radius 2 is 1.65 bits per heavy atom. The summed E-state index contributed by atoms with van der Waals surface area (Å²) in [4.78, 5) is 11.8. The first-order valence-corrected chi connectivity index (χ1v) is 7.04. The molecule has 2 nitrogen and oxygen atoms in total. The summed E-state index contributed by atoms with van der Waals surface area (Å²) in [5.41, 5.74) is 0.565. The lowest BCUT2D eigenvalue weighted by Gasteiger charge is -2.04. The molecule has 2 aromatic carbocycles. The van der Waals surface area contributed by atoms with Crippen molar-refractivity contribution in [1.82, 2.24) is 0 Å². The number of rotatable bonds is 2. The maximum Gasteiger partial charge on any atom is 0.343 e. The van der Waals surface area contributed by atoms with Crippen LogP contribution in [0.25, 0.3) is 0 Å². The molecule has 0 aliphatic heterocycles. The molecule has 2 rings (SSSR count). The van der Waals surface area contributed by atoms with Crippen molar-refractivity contribution >= 4 is 51.2 Å². The smallest absolute Gasteiger partial charge is 0.343 e. The van der Waals surface area contributed by atoms with Crippen LogP contribution in [-0.4, -0.2) is 5.97 Å². The zero-order valence-corrected chi connectivity index (χ0v) is 13.0. The van der Waals surface area contributed by atoms with Crippen molar-refractivity contribution in [1.29, 1.82) is 0 Å². The minimum atomic E-state index is -0.329. The van der Waals surface area contributed by atoms with E-state index in [4.69, 9.17) is 4.74 Å². The summed E-state index contributed by atoms with van der Waals surface area (Å²) < 4.78 is 7.39. The summed E-state index contributed by atoms with van der Waals surface area (Å²) in [6.45, 7) is 0. The highest BCUT2D eigenvalue weighted by Gasteiger charge is 2.08. The van der Waals surface area contributed by atoms with Gasteiger partial charge in [-0.2, -0.15) is 0 Å². The van der Waals surface area contributed by atoms with Gasteiger partial charge in [0.1, 0.15) is 5.75 Å². The number of ether oxygens (including phenoxy) is 1. The molecule has 0 aromatic heterocycles. The minimum absolute atomic E-state index is 0.329. The molecule has 17 heavy (non-hydrogen) atoms. The van der Waals surface area contributed by atoms with Gasteiger partial charge in [0.05, 0.1) is 5.56 Å². The maximum absolute atomic E-state index is 11.8. The van der Waals surface area contributed by atoms with Gasteiger partial charge in [-0.15, -0.1) is 0 Å². The number of halogens is 2. The van der Waals surface area contributed by atoms with Gasteiger partial charge in [0.2, 0.25) is 0 Å². The molecule has 2 aromatic rings. The van der Waals surface area contributed by atoms with Gasteiger partial charge in [-0.25, -0.2) is 4.79 Å². The summed E-state index contributed by atoms with van der Waals surface area (Å²) in [5.74, 6) is 0.235. The Bertz CT molecular complexity index is 535. The maximum atomic E-state index is 11.8. The summed E-state index contributed by atoms with van der Waals surface area (Å²) in [5, 5.41) is 0. The highest BCUT2D eigenvalue weighted by molar-refractivity contribution is 14.1. The molecule has 0 fully saturated rings. The quantitative estimate of drug-likeness (QED) is 0.391. The Hall–Kier alpha value is -0.630. The van der Waals surface area contributed by atoms with E-state index < -0.39 is 0 Å². The topological polar surface area (TPSA) is 26.3 Å². The van der Waals surface area contributed by atoms with E-state index in [1.165, 1.54) is 0 Å². The molecule has 0 saturated heterocycles. The first kappa shape index (κ1) is 12.8. The molecule has 0 radical (unpaired) electrons. The molecular weight excluding hydrogens is 442 g/mol. The number of hydrogen-bond acceptors (Lipinski definition) is 2. The van der Waals surface area contributed by atoms with Crippen LogP contribution in [0.3, 0.4) is 0 Å². The zero-order chi connectivity index (χ0) is 12.3. The molecule has 0 atom stereocenters. The second-order valence-corrected chi connectivity index (χ2v) is 5.85. The van der Waals surface area contributed by atoms with Gasteiger partial charge < -0.3 is 4.74 Å². The van der Waals surface area contributed by atoms with Crippen LogP contribution in [0, 0.1) is 7.14 Å². The largest absolute Gasteiger partial charge is 0.423 e. The summed E-state index contributed by atoms with van der Waals surface area (Å²) >= 11 is 4.37. The number of carbonyl (C=O) groups excluding carboxylic acids is 1. The lowest BCUT2D eigenvalue weighted by atomic mass is 10.2. The molecule has 0 N–H and O–H groups in total. The summed E-state index contributed by atoms with van der Waals surface area (Å²) in [7, 11) is 0. The average molecular weight is 450 g/mol. The molecular formula is C13H8I2O2. The van der Waals surface area contributed by atoms with Crippen molar-refractivity contribution in [3.05, 3.63) is 61.2 Å². The predicted octanol–water partition coefficient (Wildman–Crippen LogP) is 4.12. The second-order valence-electron chi connectivity index (χ2n) is 3.35. The zero-order valence-electron chi connectivity index (χ0n) is 8.69. The number of esters is 1. The lowest BCUT2D eigenvalue weighted by Crippen LogP contribution is -2.08. The Morgan fingerprint density at radius 1 is 0.941 bits per heavy atom. The van der Waals surface area contributed by atoms with E-state index in [-0.39, 0.29) is 5.97 Å². The third-order valence-electron chi connectivity index (χ3n) is 2.08. The SMILES string of the molecule is O=C(Oc1ccc(I)cc1)c1cccc(I)c1. The predicted molar refractivity (Wildman–Crippen MR) is 83.3 cm³/mol. The molecule has 0 aliphatic carbocycles. The molecule has 0 aliphatic rings. The van der Waals surface area contributed by atoms with Crippen LogP contribution in [0.2, 0.25) is 0 Å². The first-order chi connectivity index (χ1) is 8.15. The van der Waals surface area contributed by atoms with E-state index >= 15 is 0 Å². The monoisotopic (exact) mass is 450 g/mol. The average Bonchev–Trinajstić information content (AvgIpc) is 2.32. The fraction of sp³-hybridized carbons (Fsp3) is 0. The highest BCUT2D eigenvalue weighted by Crippen LogP contribution is 2.16. The van der Waals surface area contributed by atoms with E-state index in [2.05, 4.69) is 45.2 Å². The van der Waals surface area contributed by atoms with Crippen LogP contribution in [0.4, 0.5) is 0 Å². The van der Waals surface area contributed by atoms with E-state index in [0.717, 1.165) is 7.14 Å². The van der Waals surface area contributed by atoms with Crippen LogP contribution < -0.4 is 4.74 Å². The van der Waals surface area contributed by atoms with E-state index in [0.29, 0.717) is 11.3 Å². The highest BCUT2D eigenvalue weighted by atomic mass is 127. The molecule has 0 heterocycles. The molecule has 0 amide bonds. The molecule has 4 heteroatoms. The third-order valence-corrected chi connectivity index (χ3v) is 3.47. The van der Waals surface area contributed by atoms with Gasteiger partial charge >= 0.3 is 5.97 Å². The van der Waals surface area contributed by atoms with Crippen molar-refractivity contribution < 1.29 is 9.53 Å².